The second kappa shape index (κ2) is 8.54. The van der Waals surface area contributed by atoms with Gasteiger partial charge in [-0.2, -0.15) is 0 Å². The molecule has 3 heterocycles. The van der Waals surface area contributed by atoms with Gasteiger partial charge in [0.05, 0.1) is 23.3 Å². The van der Waals surface area contributed by atoms with E-state index in [0.29, 0.717) is 5.75 Å². The number of amides is 1. The van der Waals surface area contributed by atoms with Crippen molar-refractivity contribution in [1.29, 1.82) is 0 Å². The van der Waals surface area contributed by atoms with E-state index in [0.717, 1.165) is 48.3 Å². The first-order chi connectivity index (χ1) is 12.5. The van der Waals surface area contributed by atoms with Crippen LogP contribution in [0.3, 0.4) is 0 Å². The van der Waals surface area contributed by atoms with Crippen LogP contribution in [0.25, 0.3) is 10.7 Å². The fourth-order valence-electron chi connectivity index (χ4n) is 2.77. The molecule has 1 amide bonds. The number of ether oxygens (including phenoxy) is 1. The highest BCUT2D eigenvalue weighted by Gasteiger charge is 2.23. The first-order valence-electron chi connectivity index (χ1n) is 9.01. The van der Waals surface area contributed by atoms with Gasteiger partial charge < -0.3 is 10.1 Å². The van der Waals surface area contributed by atoms with Gasteiger partial charge in [0, 0.05) is 12.1 Å². The summed E-state index contributed by atoms with van der Waals surface area (Å²) < 4.78 is 7.90. The SMILES string of the molecule is CCC(C)(C)NC(=O)CSc1nnc(-c2cccs2)n1CC1CCCO1. The van der Waals surface area contributed by atoms with E-state index < -0.39 is 0 Å². The number of aromatic nitrogens is 3. The molecule has 26 heavy (non-hydrogen) atoms. The van der Waals surface area contributed by atoms with Crippen molar-refractivity contribution < 1.29 is 9.53 Å². The lowest BCUT2D eigenvalue weighted by Gasteiger charge is -2.24. The summed E-state index contributed by atoms with van der Waals surface area (Å²) in [6, 6.07) is 4.06. The molecular formula is C18H26N4O2S2. The van der Waals surface area contributed by atoms with Crippen LogP contribution >= 0.6 is 23.1 Å². The van der Waals surface area contributed by atoms with Gasteiger partial charge in [0.2, 0.25) is 5.91 Å². The summed E-state index contributed by atoms with van der Waals surface area (Å²) in [5, 5.41) is 14.6. The van der Waals surface area contributed by atoms with E-state index in [1.807, 2.05) is 31.4 Å². The zero-order valence-corrected chi connectivity index (χ0v) is 17.2. The molecule has 1 atom stereocenters. The summed E-state index contributed by atoms with van der Waals surface area (Å²) in [5.74, 6) is 1.20. The average Bonchev–Trinajstić information content (AvgIpc) is 3.35. The number of carbonyl (C=O) groups is 1. The van der Waals surface area contributed by atoms with Gasteiger partial charge in [-0.05, 0) is 44.6 Å². The summed E-state index contributed by atoms with van der Waals surface area (Å²) in [5.41, 5.74) is -0.189. The Balaban J connectivity index is 1.72. The highest BCUT2D eigenvalue weighted by molar-refractivity contribution is 7.99. The first-order valence-corrected chi connectivity index (χ1v) is 10.9. The molecular weight excluding hydrogens is 368 g/mol. The largest absolute Gasteiger partial charge is 0.376 e. The predicted molar refractivity (Wildman–Crippen MR) is 106 cm³/mol. The second-order valence-corrected chi connectivity index (χ2v) is 8.99. The van der Waals surface area contributed by atoms with Crippen LogP contribution in [0.1, 0.15) is 40.0 Å². The van der Waals surface area contributed by atoms with Crippen LogP contribution in [0.4, 0.5) is 0 Å². The quantitative estimate of drug-likeness (QED) is 0.693. The lowest BCUT2D eigenvalue weighted by atomic mass is 10.0. The molecule has 1 aliphatic heterocycles. The lowest BCUT2D eigenvalue weighted by molar-refractivity contribution is -0.120. The number of thioether (sulfide) groups is 1. The summed E-state index contributed by atoms with van der Waals surface area (Å²) in [4.78, 5) is 13.4. The number of rotatable bonds is 8. The Morgan fingerprint density at radius 3 is 3.00 bits per heavy atom. The molecule has 0 saturated carbocycles. The van der Waals surface area contributed by atoms with Crippen molar-refractivity contribution in [1.82, 2.24) is 20.1 Å². The molecule has 0 spiro atoms. The van der Waals surface area contributed by atoms with E-state index in [-0.39, 0.29) is 17.6 Å². The number of carbonyl (C=O) groups excluding carboxylic acids is 1. The maximum atomic E-state index is 12.3. The number of hydrogen-bond donors (Lipinski definition) is 1. The van der Waals surface area contributed by atoms with Crippen molar-refractivity contribution in [3.8, 4) is 10.7 Å². The van der Waals surface area contributed by atoms with Crippen molar-refractivity contribution in [2.45, 2.75) is 63.4 Å². The molecule has 1 unspecified atom stereocenters. The standard InChI is InChI=1S/C18H26N4O2S2/c1-4-18(2,3)19-15(23)12-26-17-21-20-16(14-8-6-10-25-14)22(17)11-13-7-5-9-24-13/h6,8,10,13H,4-5,7,9,11-12H2,1-3H3,(H,19,23). The minimum atomic E-state index is -0.189. The smallest absolute Gasteiger partial charge is 0.230 e. The molecule has 0 radical (unpaired) electrons. The molecule has 0 aliphatic carbocycles. The molecule has 1 saturated heterocycles. The van der Waals surface area contributed by atoms with Crippen LogP contribution in [-0.2, 0) is 16.1 Å². The van der Waals surface area contributed by atoms with Crippen molar-refractivity contribution >= 4 is 29.0 Å². The third-order valence-electron chi connectivity index (χ3n) is 4.56. The topological polar surface area (TPSA) is 69.0 Å². The highest BCUT2D eigenvalue weighted by atomic mass is 32.2. The predicted octanol–water partition coefficient (Wildman–Crippen LogP) is 3.58. The van der Waals surface area contributed by atoms with Crippen molar-refractivity contribution in [2.24, 2.45) is 0 Å². The Hall–Kier alpha value is -1.38. The Kier molecular flexibility index (Phi) is 6.37. The third-order valence-corrected chi connectivity index (χ3v) is 6.40. The molecule has 8 heteroatoms. The van der Waals surface area contributed by atoms with Crippen LogP contribution in [0.5, 0.6) is 0 Å². The van der Waals surface area contributed by atoms with Crippen LogP contribution < -0.4 is 5.32 Å². The lowest BCUT2D eigenvalue weighted by Crippen LogP contribution is -2.43. The van der Waals surface area contributed by atoms with Gasteiger partial charge in [-0.3, -0.25) is 9.36 Å². The Morgan fingerprint density at radius 1 is 1.50 bits per heavy atom. The minimum Gasteiger partial charge on any atom is -0.376 e. The number of nitrogens with zero attached hydrogens (tertiary/aromatic N) is 3. The van der Waals surface area contributed by atoms with E-state index in [1.54, 1.807) is 11.3 Å². The van der Waals surface area contributed by atoms with Gasteiger partial charge >= 0.3 is 0 Å². The van der Waals surface area contributed by atoms with Gasteiger partial charge in [0.1, 0.15) is 0 Å². The zero-order valence-electron chi connectivity index (χ0n) is 15.5. The molecule has 1 N–H and O–H groups in total. The maximum Gasteiger partial charge on any atom is 0.230 e. The number of thiophene rings is 1. The van der Waals surface area contributed by atoms with Crippen molar-refractivity contribution in [2.75, 3.05) is 12.4 Å². The molecule has 1 fully saturated rings. The summed E-state index contributed by atoms with van der Waals surface area (Å²) >= 11 is 3.08. The van der Waals surface area contributed by atoms with Crippen LogP contribution in [0.15, 0.2) is 22.7 Å². The van der Waals surface area contributed by atoms with Crippen LogP contribution in [0.2, 0.25) is 0 Å². The summed E-state index contributed by atoms with van der Waals surface area (Å²) in [6.45, 7) is 7.68. The third kappa shape index (κ3) is 4.86. The monoisotopic (exact) mass is 394 g/mol. The molecule has 0 aromatic carbocycles. The molecule has 6 nitrogen and oxygen atoms in total. The van der Waals surface area contributed by atoms with E-state index in [4.69, 9.17) is 4.74 Å². The average molecular weight is 395 g/mol. The maximum absolute atomic E-state index is 12.3. The molecule has 142 valence electrons. The van der Waals surface area contributed by atoms with E-state index in [2.05, 4.69) is 27.0 Å². The van der Waals surface area contributed by atoms with Gasteiger partial charge in [-0.25, -0.2) is 0 Å². The highest BCUT2D eigenvalue weighted by Crippen LogP contribution is 2.29. The van der Waals surface area contributed by atoms with Gasteiger partial charge in [-0.15, -0.1) is 21.5 Å². The van der Waals surface area contributed by atoms with Crippen LogP contribution in [0, 0.1) is 0 Å². The van der Waals surface area contributed by atoms with Crippen LogP contribution in [-0.4, -0.2) is 44.7 Å². The molecule has 1 aliphatic rings. The van der Waals surface area contributed by atoms with E-state index in [1.165, 1.54) is 11.8 Å². The Morgan fingerprint density at radius 2 is 2.35 bits per heavy atom. The van der Waals surface area contributed by atoms with Crippen molar-refractivity contribution in [3.05, 3.63) is 17.5 Å². The second-order valence-electron chi connectivity index (χ2n) is 7.10. The van der Waals surface area contributed by atoms with Crippen molar-refractivity contribution in [3.63, 3.8) is 0 Å². The molecule has 2 aromatic heterocycles. The number of nitrogens with one attached hydrogen (secondary N) is 1. The summed E-state index contributed by atoms with van der Waals surface area (Å²) in [7, 11) is 0. The number of hydrogen-bond acceptors (Lipinski definition) is 6. The van der Waals surface area contributed by atoms with Gasteiger partial charge in [-0.1, -0.05) is 24.8 Å². The fourth-order valence-corrected chi connectivity index (χ4v) is 4.24. The molecule has 0 bridgehead atoms. The van der Waals surface area contributed by atoms with Gasteiger partial charge in [0.25, 0.3) is 0 Å². The fraction of sp³-hybridized carbons (Fsp3) is 0.611. The minimum absolute atomic E-state index is 0.0196. The van der Waals surface area contributed by atoms with E-state index >= 15 is 0 Å². The molecule has 2 aromatic rings. The Bertz CT molecular complexity index is 722. The summed E-state index contributed by atoms with van der Waals surface area (Å²) in [6.07, 6.45) is 3.23. The molecule has 3 rings (SSSR count). The van der Waals surface area contributed by atoms with Gasteiger partial charge in [0.15, 0.2) is 11.0 Å². The zero-order chi connectivity index (χ0) is 18.6. The Labute approximate surface area is 162 Å². The normalized spacial score (nSPS) is 17.6. The first kappa shape index (κ1) is 19.4. The van der Waals surface area contributed by atoms with E-state index in [9.17, 15) is 4.79 Å².